The lowest BCUT2D eigenvalue weighted by Crippen LogP contribution is -2.34. The maximum absolute atomic E-state index is 12.5. The number of unbranched alkanes of at least 4 members (excludes halogenated alkanes) is 1. The molecule has 8 nitrogen and oxygen atoms in total. The van der Waals surface area contributed by atoms with E-state index >= 15 is 0 Å². The maximum atomic E-state index is 12.5. The molecule has 1 aliphatic heterocycles. The van der Waals surface area contributed by atoms with E-state index in [-0.39, 0.29) is 40.5 Å². The van der Waals surface area contributed by atoms with E-state index in [4.69, 9.17) is 37.4 Å². The zero-order valence-electron chi connectivity index (χ0n) is 16.9. The van der Waals surface area contributed by atoms with E-state index in [0.29, 0.717) is 23.7 Å². The van der Waals surface area contributed by atoms with Crippen LogP contribution in [0.5, 0.6) is 5.75 Å². The number of nitrogens with zero attached hydrogens (tertiary/aromatic N) is 1. The summed E-state index contributed by atoms with van der Waals surface area (Å²) in [7, 11) is 0. The van der Waals surface area contributed by atoms with Crippen molar-refractivity contribution < 1.29 is 33.4 Å². The van der Waals surface area contributed by atoms with Crippen LogP contribution in [0.15, 0.2) is 17.0 Å². The van der Waals surface area contributed by atoms with Crippen molar-refractivity contribution in [3.63, 3.8) is 0 Å². The lowest BCUT2D eigenvalue weighted by molar-refractivity contribution is -0.146. The Bertz CT molecular complexity index is 881. The van der Waals surface area contributed by atoms with Gasteiger partial charge in [0.25, 0.3) is 11.1 Å². The summed E-state index contributed by atoms with van der Waals surface area (Å²) in [6.07, 6.45) is 2.99. The fraction of sp³-hybridized carbons (Fsp3) is 0.400. The van der Waals surface area contributed by atoms with Crippen LogP contribution in [0.1, 0.15) is 32.3 Å². The van der Waals surface area contributed by atoms with Crippen LogP contribution in [-0.2, 0) is 23.9 Å². The lowest BCUT2D eigenvalue weighted by Gasteiger charge is -2.12. The second-order valence-electron chi connectivity index (χ2n) is 6.25. The Morgan fingerprint density at radius 1 is 1.10 bits per heavy atom. The lowest BCUT2D eigenvalue weighted by atomic mass is 10.2. The molecule has 0 atom stereocenters. The van der Waals surface area contributed by atoms with E-state index in [1.165, 1.54) is 18.2 Å². The zero-order chi connectivity index (χ0) is 23.0. The first-order valence-corrected chi connectivity index (χ1v) is 11.0. The second kappa shape index (κ2) is 12.0. The molecule has 0 aromatic heterocycles. The van der Waals surface area contributed by atoms with Crippen molar-refractivity contribution in [1.29, 1.82) is 0 Å². The summed E-state index contributed by atoms with van der Waals surface area (Å²) in [6, 6.07) is 2.95. The van der Waals surface area contributed by atoms with Gasteiger partial charge in [0.15, 0.2) is 12.4 Å². The third-order valence-electron chi connectivity index (χ3n) is 3.88. The molecule has 31 heavy (non-hydrogen) atoms. The van der Waals surface area contributed by atoms with Gasteiger partial charge < -0.3 is 14.2 Å². The highest BCUT2D eigenvalue weighted by atomic mass is 35.5. The van der Waals surface area contributed by atoms with Crippen molar-refractivity contribution in [1.82, 2.24) is 4.90 Å². The molecular weight excluding hydrogens is 469 g/mol. The first-order chi connectivity index (χ1) is 14.8. The van der Waals surface area contributed by atoms with E-state index in [1.54, 1.807) is 6.92 Å². The van der Waals surface area contributed by atoms with Gasteiger partial charge in [-0.05, 0) is 48.9 Å². The molecule has 11 heteroatoms. The standard InChI is InChI=1S/C20H21Cl2NO7S/c1-3-5-6-29-16(24)10-23-19(26)15(31-20(23)27)9-12-7-13(21)18(14(22)8-12)30-11-17(25)28-4-2/h7-9H,3-6,10-11H2,1-2H3/b15-9-. The summed E-state index contributed by atoms with van der Waals surface area (Å²) in [4.78, 5) is 48.9. The van der Waals surface area contributed by atoms with Crippen LogP contribution < -0.4 is 4.74 Å². The highest BCUT2D eigenvalue weighted by molar-refractivity contribution is 8.18. The molecular formula is C20H21Cl2NO7S. The van der Waals surface area contributed by atoms with Crippen molar-refractivity contribution >= 4 is 64.1 Å². The van der Waals surface area contributed by atoms with Gasteiger partial charge in [-0.1, -0.05) is 36.5 Å². The van der Waals surface area contributed by atoms with E-state index < -0.39 is 29.6 Å². The van der Waals surface area contributed by atoms with Crippen molar-refractivity contribution in [2.24, 2.45) is 0 Å². The fourth-order valence-electron chi connectivity index (χ4n) is 2.43. The van der Waals surface area contributed by atoms with E-state index in [0.717, 1.165) is 11.3 Å². The number of thioether (sulfide) groups is 1. The highest BCUT2D eigenvalue weighted by Gasteiger charge is 2.36. The molecule has 168 valence electrons. The average Bonchev–Trinajstić information content (AvgIpc) is 2.95. The SMILES string of the molecule is CCCCOC(=O)CN1C(=O)S/C(=C\c2cc(Cl)c(OCC(=O)OCC)c(Cl)c2)C1=O. The number of hydrogen-bond acceptors (Lipinski definition) is 8. The van der Waals surface area contributed by atoms with Gasteiger partial charge in [-0.3, -0.25) is 19.3 Å². The Hall–Kier alpha value is -2.23. The number of carbonyl (C=O) groups excluding carboxylic acids is 4. The van der Waals surface area contributed by atoms with Crippen molar-refractivity contribution in [2.75, 3.05) is 26.4 Å². The molecule has 1 aromatic rings. The predicted octanol–water partition coefficient (Wildman–Crippen LogP) is 4.31. The van der Waals surface area contributed by atoms with Gasteiger partial charge >= 0.3 is 11.9 Å². The van der Waals surface area contributed by atoms with Crippen LogP contribution in [0.4, 0.5) is 4.79 Å². The van der Waals surface area contributed by atoms with Crippen LogP contribution in [0.25, 0.3) is 6.08 Å². The monoisotopic (exact) mass is 489 g/mol. The summed E-state index contributed by atoms with van der Waals surface area (Å²) in [5.41, 5.74) is 0.439. The van der Waals surface area contributed by atoms with Crippen molar-refractivity contribution in [2.45, 2.75) is 26.7 Å². The Morgan fingerprint density at radius 3 is 2.39 bits per heavy atom. The molecule has 1 saturated heterocycles. The number of benzene rings is 1. The van der Waals surface area contributed by atoms with Gasteiger partial charge in [-0.2, -0.15) is 0 Å². The molecule has 0 unspecified atom stereocenters. The minimum Gasteiger partial charge on any atom is -0.479 e. The molecule has 0 aliphatic carbocycles. The van der Waals surface area contributed by atoms with Crippen LogP contribution >= 0.6 is 35.0 Å². The molecule has 1 fully saturated rings. The number of ether oxygens (including phenoxy) is 3. The molecule has 1 heterocycles. The summed E-state index contributed by atoms with van der Waals surface area (Å²) < 4.78 is 15.1. The van der Waals surface area contributed by atoms with Gasteiger partial charge in [0, 0.05) is 0 Å². The van der Waals surface area contributed by atoms with Gasteiger partial charge in [-0.15, -0.1) is 0 Å². The largest absolute Gasteiger partial charge is 0.479 e. The van der Waals surface area contributed by atoms with Crippen molar-refractivity contribution in [3.05, 3.63) is 32.6 Å². The number of halogens is 2. The third kappa shape index (κ3) is 7.15. The molecule has 0 saturated carbocycles. The fourth-order valence-corrected chi connectivity index (χ4v) is 3.88. The molecule has 0 radical (unpaired) electrons. The molecule has 0 spiro atoms. The highest BCUT2D eigenvalue weighted by Crippen LogP contribution is 2.37. The minimum atomic E-state index is -0.647. The van der Waals surface area contributed by atoms with Gasteiger partial charge in [0.2, 0.25) is 0 Å². The van der Waals surface area contributed by atoms with Gasteiger partial charge in [-0.25, -0.2) is 4.79 Å². The number of hydrogen-bond donors (Lipinski definition) is 0. The van der Waals surface area contributed by atoms with Crippen LogP contribution in [0.3, 0.4) is 0 Å². The molecule has 1 aliphatic rings. The number of esters is 2. The zero-order valence-corrected chi connectivity index (χ0v) is 19.3. The third-order valence-corrected chi connectivity index (χ3v) is 5.35. The summed E-state index contributed by atoms with van der Waals surface area (Å²) in [6.45, 7) is 3.27. The van der Waals surface area contributed by atoms with Crippen LogP contribution in [0.2, 0.25) is 10.0 Å². The maximum Gasteiger partial charge on any atom is 0.344 e. The van der Waals surface area contributed by atoms with E-state index in [9.17, 15) is 19.2 Å². The first-order valence-electron chi connectivity index (χ1n) is 9.45. The number of amides is 2. The van der Waals surface area contributed by atoms with E-state index in [2.05, 4.69) is 0 Å². The van der Waals surface area contributed by atoms with Gasteiger partial charge in [0.1, 0.15) is 6.54 Å². The molecule has 0 bridgehead atoms. The summed E-state index contributed by atoms with van der Waals surface area (Å²) in [5.74, 6) is -1.74. The molecule has 1 aromatic carbocycles. The summed E-state index contributed by atoms with van der Waals surface area (Å²) >= 11 is 13.1. The Morgan fingerprint density at radius 2 is 1.77 bits per heavy atom. The number of imide groups is 1. The number of rotatable bonds is 10. The predicted molar refractivity (Wildman–Crippen MR) is 117 cm³/mol. The van der Waals surface area contributed by atoms with Crippen LogP contribution in [-0.4, -0.2) is 54.4 Å². The second-order valence-corrected chi connectivity index (χ2v) is 8.06. The minimum absolute atomic E-state index is 0.0939. The number of carbonyl (C=O) groups is 4. The smallest absolute Gasteiger partial charge is 0.344 e. The van der Waals surface area contributed by atoms with Gasteiger partial charge in [0.05, 0.1) is 28.2 Å². The molecule has 2 amide bonds. The Kier molecular flexibility index (Phi) is 9.67. The average molecular weight is 490 g/mol. The van der Waals surface area contributed by atoms with E-state index in [1.807, 2.05) is 6.92 Å². The molecule has 2 rings (SSSR count). The topological polar surface area (TPSA) is 99.2 Å². The van der Waals surface area contributed by atoms with Crippen LogP contribution in [0, 0.1) is 0 Å². The van der Waals surface area contributed by atoms with Crippen molar-refractivity contribution in [3.8, 4) is 5.75 Å². The first kappa shape index (κ1) is 25.0. The Balaban J connectivity index is 2.09. The molecule has 0 N–H and O–H groups in total. The summed E-state index contributed by atoms with van der Waals surface area (Å²) in [5, 5.41) is -0.348. The quantitative estimate of drug-likeness (QED) is 0.272. The normalized spacial score (nSPS) is 14.8. The Labute approximate surface area is 193 Å².